The zero-order valence-electron chi connectivity index (χ0n) is 11.9. The molecule has 0 amide bonds. The molecule has 0 aliphatic rings. The van der Waals surface area contributed by atoms with Crippen LogP contribution in [0.5, 0.6) is 0 Å². The number of nitrogens with zero attached hydrogens (tertiary/aromatic N) is 2. The summed E-state index contributed by atoms with van der Waals surface area (Å²) in [5.74, 6) is 1.79. The lowest BCUT2D eigenvalue weighted by atomic mass is 10.1. The van der Waals surface area contributed by atoms with E-state index in [9.17, 15) is 0 Å². The van der Waals surface area contributed by atoms with Crippen molar-refractivity contribution in [3.05, 3.63) is 41.7 Å². The Labute approximate surface area is 115 Å². The van der Waals surface area contributed by atoms with Crippen LogP contribution < -0.4 is 5.32 Å². The number of nitrogens with one attached hydrogen (secondary N) is 1. The van der Waals surface area contributed by atoms with E-state index in [4.69, 9.17) is 0 Å². The maximum atomic E-state index is 4.67. The maximum absolute atomic E-state index is 4.67. The standard InChI is InChI=1S/C16H21N3/c1-4-7-15-18-14(11-16(17-3)19-15)13-9-6-8-12(5-2)10-13/h6,8-11H,4-5,7H2,1-3H3,(H,17,18,19). The van der Waals surface area contributed by atoms with Gasteiger partial charge in [-0.25, -0.2) is 9.97 Å². The van der Waals surface area contributed by atoms with Crippen molar-refractivity contribution < 1.29 is 0 Å². The summed E-state index contributed by atoms with van der Waals surface area (Å²) in [6.45, 7) is 4.31. The van der Waals surface area contributed by atoms with Gasteiger partial charge in [-0.1, -0.05) is 32.0 Å². The summed E-state index contributed by atoms with van der Waals surface area (Å²) in [7, 11) is 1.89. The molecule has 1 heterocycles. The Morgan fingerprint density at radius 2 is 1.95 bits per heavy atom. The Kier molecular flexibility index (Phi) is 4.50. The van der Waals surface area contributed by atoms with Gasteiger partial charge in [0.05, 0.1) is 5.69 Å². The Morgan fingerprint density at radius 3 is 2.63 bits per heavy atom. The molecule has 0 fully saturated rings. The molecule has 0 atom stereocenters. The fourth-order valence-corrected chi connectivity index (χ4v) is 2.06. The van der Waals surface area contributed by atoms with Gasteiger partial charge in [-0.15, -0.1) is 0 Å². The van der Waals surface area contributed by atoms with E-state index in [2.05, 4.69) is 53.4 Å². The minimum Gasteiger partial charge on any atom is -0.373 e. The number of aromatic nitrogens is 2. The second kappa shape index (κ2) is 6.32. The molecule has 2 rings (SSSR count). The highest BCUT2D eigenvalue weighted by Gasteiger charge is 2.06. The number of hydrogen-bond donors (Lipinski definition) is 1. The summed E-state index contributed by atoms with van der Waals surface area (Å²) in [4.78, 5) is 9.15. The Bertz CT molecular complexity index is 549. The van der Waals surface area contributed by atoms with Gasteiger partial charge in [0.2, 0.25) is 0 Å². The smallest absolute Gasteiger partial charge is 0.131 e. The van der Waals surface area contributed by atoms with Crippen LogP contribution >= 0.6 is 0 Å². The third-order valence-corrected chi connectivity index (χ3v) is 3.13. The van der Waals surface area contributed by atoms with Gasteiger partial charge in [0.25, 0.3) is 0 Å². The molecule has 100 valence electrons. The van der Waals surface area contributed by atoms with Crippen LogP contribution in [0.1, 0.15) is 31.7 Å². The highest BCUT2D eigenvalue weighted by atomic mass is 15.0. The zero-order valence-corrected chi connectivity index (χ0v) is 11.9. The normalized spacial score (nSPS) is 10.5. The third-order valence-electron chi connectivity index (χ3n) is 3.13. The summed E-state index contributed by atoms with van der Waals surface area (Å²) in [5.41, 5.74) is 3.49. The van der Waals surface area contributed by atoms with Crippen molar-refractivity contribution in [1.82, 2.24) is 9.97 Å². The summed E-state index contributed by atoms with van der Waals surface area (Å²) < 4.78 is 0. The van der Waals surface area contributed by atoms with Gasteiger partial charge >= 0.3 is 0 Å². The highest BCUT2D eigenvalue weighted by molar-refractivity contribution is 5.63. The lowest BCUT2D eigenvalue weighted by Gasteiger charge is -2.08. The average Bonchev–Trinajstić information content (AvgIpc) is 2.47. The number of anilines is 1. The second-order valence-electron chi connectivity index (χ2n) is 4.61. The lowest BCUT2D eigenvalue weighted by molar-refractivity contribution is 0.838. The quantitative estimate of drug-likeness (QED) is 0.885. The van der Waals surface area contributed by atoms with Crippen molar-refractivity contribution >= 4 is 5.82 Å². The first kappa shape index (κ1) is 13.5. The first-order chi connectivity index (χ1) is 9.26. The largest absolute Gasteiger partial charge is 0.373 e. The second-order valence-corrected chi connectivity index (χ2v) is 4.61. The minimum absolute atomic E-state index is 0.885. The fourth-order valence-electron chi connectivity index (χ4n) is 2.06. The van der Waals surface area contributed by atoms with E-state index in [0.717, 1.165) is 42.2 Å². The number of hydrogen-bond acceptors (Lipinski definition) is 3. The van der Waals surface area contributed by atoms with E-state index in [-0.39, 0.29) is 0 Å². The van der Waals surface area contributed by atoms with Gasteiger partial charge in [-0.3, -0.25) is 0 Å². The minimum atomic E-state index is 0.885. The number of rotatable bonds is 5. The molecule has 2 aromatic rings. The van der Waals surface area contributed by atoms with Gasteiger partial charge < -0.3 is 5.32 Å². The summed E-state index contributed by atoms with van der Waals surface area (Å²) in [5, 5.41) is 3.11. The number of benzene rings is 1. The molecule has 0 aliphatic heterocycles. The van der Waals surface area contributed by atoms with E-state index in [0.29, 0.717) is 0 Å². The van der Waals surface area contributed by atoms with Crippen LogP contribution in [-0.2, 0) is 12.8 Å². The first-order valence-corrected chi connectivity index (χ1v) is 6.91. The monoisotopic (exact) mass is 255 g/mol. The zero-order chi connectivity index (χ0) is 13.7. The van der Waals surface area contributed by atoms with Crippen LogP contribution in [0.3, 0.4) is 0 Å². The molecule has 0 saturated carbocycles. The van der Waals surface area contributed by atoms with Crippen LogP contribution in [-0.4, -0.2) is 17.0 Å². The van der Waals surface area contributed by atoms with Crippen molar-refractivity contribution in [3.63, 3.8) is 0 Å². The van der Waals surface area contributed by atoms with E-state index < -0.39 is 0 Å². The van der Waals surface area contributed by atoms with Gasteiger partial charge in [0, 0.05) is 25.1 Å². The van der Waals surface area contributed by atoms with Gasteiger partial charge in [0.15, 0.2) is 0 Å². The molecule has 0 unspecified atom stereocenters. The van der Waals surface area contributed by atoms with Crippen molar-refractivity contribution in [2.75, 3.05) is 12.4 Å². The van der Waals surface area contributed by atoms with E-state index in [1.54, 1.807) is 0 Å². The molecule has 1 aromatic heterocycles. The summed E-state index contributed by atoms with van der Waals surface area (Å²) in [6, 6.07) is 10.6. The molecule has 3 nitrogen and oxygen atoms in total. The molecule has 3 heteroatoms. The Balaban J connectivity index is 2.44. The van der Waals surface area contributed by atoms with Crippen molar-refractivity contribution in [2.45, 2.75) is 33.1 Å². The predicted molar refractivity (Wildman–Crippen MR) is 80.4 cm³/mol. The molecule has 0 radical (unpaired) electrons. The number of aryl methyl sites for hydroxylation is 2. The van der Waals surface area contributed by atoms with Gasteiger partial charge in [-0.05, 0) is 24.5 Å². The van der Waals surface area contributed by atoms with Crippen molar-refractivity contribution in [3.8, 4) is 11.3 Å². The maximum Gasteiger partial charge on any atom is 0.131 e. The fraction of sp³-hybridized carbons (Fsp3) is 0.375. The molecule has 0 saturated heterocycles. The van der Waals surface area contributed by atoms with E-state index in [1.807, 2.05) is 13.1 Å². The topological polar surface area (TPSA) is 37.8 Å². The van der Waals surface area contributed by atoms with E-state index in [1.165, 1.54) is 5.56 Å². The molecular formula is C16H21N3. The molecule has 0 spiro atoms. The molecule has 0 bridgehead atoms. The molecule has 0 aliphatic carbocycles. The van der Waals surface area contributed by atoms with Crippen molar-refractivity contribution in [1.29, 1.82) is 0 Å². The van der Waals surface area contributed by atoms with Crippen LogP contribution in [0.4, 0.5) is 5.82 Å². The third kappa shape index (κ3) is 3.31. The van der Waals surface area contributed by atoms with Crippen LogP contribution in [0.2, 0.25) is 0 Å². The molecule has 1 aromatic carbocycles. The van der Waals surface area contributed by atoms with Gasteiger partial charge in [0.1, 0.15) is 11.6 Å². The van der Waals surface area contributed by atoms with E-state index >= 15 is 0 Å². The lowest BCUT2D eigenvalue weighted by Crippen LogP contribution is -2.01. The predicted octanol–water partition coefficient (Wildman–Crippen LogP) is 3.70. The van der Waals surface area contributed by atoms with Gasteiger partial charge in [-0.2, -0.15) is 0 Å². The van der Waals surface area contributed by atoms with Crippen molar-refractivity contribution in [2.24, 2.45) is 0 Å². The molecule has 1 N–H and O–H groups in total. The highest BCUT2D eigenvalue weighted by Crippen LogP contribution is 2.21. The van der Waals surface area contributed by atoms with Crippen LogP contribution in [0.15, 0.2) is 30.3 Å². The van der Waals surface area contributed by atoms with Crippen LogP contribution in [0.25, 0.3) is 11.3 Å². The Hall–Kier alpha value is -1.90. The first-order valence-electron chi connectivity index (χ1n) is 6.91. The average molecular weight is 255 g/mol. The summed E-state index contributed by atoms with van der Waals surface area (Å²) in [6.07, 6.45) is 3.01. The molecular weight excluding hydrogens is 234 g/mol. The SMILES string of the molecule is CCCc1nc(NC)cc(-c2cccc(CC)c2)n1. The molecule has 19 heavy (non-hydrogen) atoms. The Morgan fingerprint density at radius 1 is 1.11 bits per heavy atom. The summed E-state index contributed by atoms with van der Waals surface area (Å²) >= 11 is 0. The van der Waals surface area contributed by atoms with Crippen LogP contribution in [0, 0.1) is 0 Å².